The molecule has 4 aromatic rings. The second-order valence-corrected chi connectivity index (χ2v) is 5.71. The molecule has 0 aromatic carbocycles. The van der Waals surface area contributed by atoms with Crippen LogP contribution in [-0.4, -0.2) is 39.2 Å². The molecule has 0 spiro atoms. The topological polar surface area (TPSA) is 86.2 Å². The molecule has 0 unspecified atom stereocenters. The summed E-state index contributed by atoms with van der Waals surface area (Å²) in [5.74, 6) is 1.19. The molecular weight excluding hydrogens is 304 g/mol. The van der Waals surface area contributed by atoms with Gasteiger partial charge in [0, 0.05) is 12.4 Å². The Morgan fingerprint density at radius 1 is 0.708 bits per heavy atom. The summed E-state index contributed by atoms with van der Waals surface area (Å²) in [7, 11) is 0. The monoisotopic (exact) mass is 320 g/mol. The molecule has 0 aliphatic rings. The summed E-state index contributed by atoms with van der Waals surface area (Å²) in [6.45, 7) is 7.73. The van der Waals surface area contributed by atoms with E-state index in [2.05, 4.69) is 30.1 Å². The molecule has 24 heavy (non-hydrogen) atoms. The van der Waals surface area contributed by atoms with Crippen molar-refractivity contribution < 1.29 is 0 Å². The molecule has 0 radical (unpaired) electrons. The minimum absolute atomic E-state index is 0.597. The van der Waals surface area contributed by atoms with E-state index < -0.39 is 0 Å². The van der Waals surface area contributed by atoms with Crippen LogP contribution in [-0.2, 0) is 0 Å². The van der Waals surface area contributed by atoms with Gasteiger partial charge in [-0.05, 0) is 39.8 Å². The zero-order valence-electron chi connectivity index (χ0n) is 13.9. The molecule has 4 aromatic heterocycles. The van der Waals surface area contributed by atoms with Crippen molar-refractivity contribution in [3.05, 3.63) is 46.8 Å². The molecule has 0 aliphatic heterocycles. The highest BCUT2D eigenvalue weighted by Gasteiger charge is 2.09. The number of fused-ring (bicyclic) bond motifs is 2. The van der Waals surface area contributed by atoms with Crippen LogP contribution in [0.3, 0.4) is 0 Å². The van der Waals surface area contributed by atoms with Gasteiger partial charge in [-0.2, -0.15) is 0 Å². The van der Waals surface area contributed by atoms with Crippen molar-refractivity contribution in [3.8, 4) is 0 Å². The Kier molecular flexibility index (Phi) is 3.12. The number of nitrogens with zero attached hydrogens (tertiary/aromatic N) is 8. The number of aromatic nitrogens is 8. The van der Waals surface area contributed by atoms with E-state index in [0.717, 1.165) is 34.1 Å². The van der Waals surface area contributed by atoms with Crippen LogP contribution in [0.4, 0.5) is 0 Å². The Bertz CT molecular complexity index is 936. The van der Waals surface area contributed by atoms with Crippen LogP contribution >= 0.6 is 0 Å². The van der Waals surface area contributed by atoms with Crippen molar-refractivity contribution in [2.45, 2.75) is 27.7 Å². The third-order valence-corrected chi connectivity index (χ3v) is 3.83. The third-order valence-electron chi connectivity index (χ3n) is 3.83. The number of hydrogen-bond acceptors (Lipinski definition) is 6. The average Bonchev–Trinajstić information content (AvgIpc) is 3.18. The van der Waals surface area contributed by atoms with Crippen LogP contribution in [0.25, 0.3) is 23.4 Å². The summed E-state index contributed by atoms with van der Waals surface area (Å²) in [6, 6.07) is 0. The molecule has 8 nitrogen and oxygen atoms in total. The van der Waals surface area contributed by atoms with Crippen LogP contribution in [0.15, 0.2) is 12.4 Å². The maximum Gasteiger partial charge on any atom is 0.177 e. The number of hydrogen-bond donors (Lipinski definition) is 0. The molecule has 8 heteroatoms. The van der Waals surface area contributed by atoms with Crippen LogP contribution < -0.4 is 0 Å². The van der Waals surface area contributed by atoms with Gasteiger partial charge in [0.2, 0.25) is 0 Å². The van der Waals surface area contributed by atoms with Gasteiger partial charge in [0.25, 0.3) is 0 Å². The van der Waals surface area contributed by atoms with Crippen molar-refractivity contribution in [1.82, 2.24) is 39.2 Å². The Hall–Kier alpha value is -3.16. The fourth-order valence-corrected chi connectivity index (χ4v) is 2.51. The van der Waals surface area contributed by atoms with Crippen molar-refractivity contribution in [2.75, 3.05) is 0 Å². The zero-order chi connectivity index (χ0) is 16.8. The average molecular weight is 320 g/mol. The predicted molar refractivity (Wildman–Crippen MR) is 89.4 cm³/mol. The van der Waals surface area contributed by atoms with E-state index in [1.54, 1.807) is 33.6 Å². The Balaban J connectivity index is 1.75. The number of rotatable bonds is 2. The van der Waals surface area contributed by atoms with Crippen molar-refractivity contribution >= 4 is 23.4 Å². The van der Waals surface area contributed by atoms with E-state index in [1.165, 1.54) is 0 Å². The zero-order valence-corrected chi connectivity index (χ0v) is 13.9. The van der Waals surface area contributed by atoms with Crippen molar-refractivity contribution in [2.24, 2.45) is 0 Å². The van der Waals surface area contributed by atoms with E-state index in [-0.39, 0.29) is 0 Å². The van der Waals surface area contributed by atoms with Crippen LogP contribution in [0, 0.1) is 27.7 Å². The Morgan fingerprint density at radius 3 is 1.50 bits per heavy atom. The van der Waals surface area contributed by atoms with Gasteiger partial charge in [0.1, 0.15) is 0 Å². The molecule has 0 atom stereocenters. The lowest BCUT2D eigenvalue weighted by molar-refractivity contribution is 0.882. The van der Waals surface area contributed by atoms with Gasteiger partial charge in [-0.1, -0.05) is 0 Å². The molecule has 0 fully saturated rings. The fourth-order valence-electron chi connectivity index (χ4n) is 2.51. The maximum absolute atomic E-state index is 4.51. The molecule has 0 saturated carbocycles. The second kappa shape index (κ2) is 5.19. The normalized spacial score (nSPS) is 12.0. The molecule has 0 aliphatic carbocycles. The second-order valence-electron chi connectivity index (χ2n) is 5.71. The largest absolute Gasteiger partial charge is 0.256 e. The first-order chi connectivity index (χ1) is 11.5. The molecule has 0 N–H and O–H groups in total. The molecule has 0 amide bonds. The SMILES string of the molecule is Cc1ncc(C)n2nc(/C=C/c3nc4c(C)ncc(C)n4n3)nc12. The molecule has 4 rings (SSSR count). The first-order valence-corrected chi connectivity index (χ1v) is 7.59. The quantitative estimate of drug-likeness (QED) is 0.561. The molecule has 120 valence electrons. The van der Waals surface area contributed by atoms with E-state index in [1.807, 2.05) is 27.7 Å². The minimum Gasteiger partial charge on any atom is -0.256 e. The molecular formula is C16H16N8. The lowest BCUT2D eigenvalue weighted by Gasteiger charge is -1.97. The first kappa shape index (κ1) is 14.4. The van der Waals surface area contributed by atoms with E-state index >= 15 is 0 Å². The Labute approximate surface area is 137 Å². The van der Waals surface area contributed by atoms with Gasteiger partial charge in [0.15, 0.2) is 22.9 Å². The fraction of sp³-hybridized carbons (Fsp3) is 0.250. The third kappa shape index (κ3) is 2.23. The maximum atomic E-state index is 4.51. The summed E-state index contributed by atoms with van der Waals surface area (Å²) < 4.78 is 3.58. The van der Waals surface area contributed by atoms with E-state index in [9.17, 15) is 0 Å². The molecule has 0 bridgehead atoms. The lowest BCUT2D eigenvalue weighted by atomic mass is 10.4. The lowest BCUT2D eigenvalue weighted by Crippen LogP contribution is -1.97. The van der Waals surface area contributed by atoms with Gasteiger partial charge in [0.05, 0.1) is 22.8 Å². The molecule has 4 heterocycles. The summed E-state index contributed by atoms with van der Waals surface area (Å²) in [5.41, 5.74) is 5.07. The van der Waals surface area contributed by atoms with Crippen molar-refractivity contribution in [1.29, 1.82) is 0 Å². The predicted octanol–water partition coefficient (Wildman–Crippen LogP) is 1.97. The smallest absolute Gasteiger partial charge is 0.177 e. The van der Waals surface area contributed by atoms with Gasteiger partial charge in [-0.25, -0.2) is 19.0 Å². The minimum atomic E-state index is 0.597. The van der Waals surface area contributed by atoms with Gasteiger partial charge >= 0.3 is 0 Å². The standard InChI is InChI=1S/C16H16N8/c1-9-7-17-11(3)15-19-13(21-23(9)15)5-6-14-20-16-12(4)18-8-10(2)24(16)22-14/h5-8H,1-4H3/b6-5+. The highest BCUT2D eigenvalue weighted by molar-refractivity contribution is 5.65. The van der Waals surface area contributed by atoms with Crippen LogP contribution in [0.5, 0.6) is 0 Å². The summed E-state index contributed by atoms with van der Waals surface area (Å²) in [6.07, 6.45) is 7.18. The van der Waals surface area contributed by atoms with E-state index in [0.29, 0.717) is 11.6 Å². The number of aryl methyl sites for hydroxylation is 4. The van der Waals surface area contributed by atoms with Crippen molar-refractivity contribution in [3.63, 3.8) is 0 Å². The molecule has 0 saturated heterocycles. The van der Waals surface area contributed by atoms with Crippen LogP contribution in [0.1, 0.15) is 34.4 Å². The van der Waals surface area contributed by atoms with Gasteiger partial charge in [-0.3, -0.25) is 9.97 Å². The highest BCUT2D eigenvalue weighted by Crippen LogP contribution is 2.12. The summed E-state index contributed by atoms with van der Waals surface area (Å²) in [4.78, 5) is 17.6. The summed E-state index contributed by atoms with van der Waals surface area (Å²) in [5, 5.41) is 8.96. The van der Waals surface area contributed by atoms with Crippen LogP contribution in [0.2, 0.25) is 0 Å². The van der Waals surface area contributed by atoms with E-state index in [4.69, 9.17) is 0 Å². The Morgan fingerprint density at radius 2 is 1.12 bits per heavy atom. The first-order valence-electron chi connectivity index (χ1n) is 7.59. The van der Waals surface area contributed by atoms with Gasteiger partial charge < -0.3 is 0 Å². The highest BCUT2D eigenvalue weighted by atomic mass is 15.3. The summed E-state index contributed by atoms with van der Waals surface area (Å²) >= 11 is 0. The van der Waals surface area contributed by atoms with Gasteiger partial charge in [-0.15, -0.1) is 10.2 Å².